The number of carbonyl (C=O) groups is 1. The molecule has 0 saturated heterocycles. The summed E-state index contributed by atoms with van der Waals surface area (Å²) in [5.41, 5.74) is 6.70. The van der Waals surface area contributed by atoms with Gasteiger partial charge in [-0.2, -0.15) is 0 Å². The van der Waals surface area contributed by atoms with Gasteiger partial charge in [0.2, 0.25) is 5.91 Å². The van der Waals surface area contributed by atoms with Crippen LogP contribution in [0.4, 0.5) is 0 Å². The number of hydrogen-bond donors (Lipinski definition) is 1. The summed E-state index contributed by atoms with van der Waals surface area (Å²) in [7, 11) is 0. The lowest BCUT2D eigenvalue weighted by Gasteiger charge is -2.30. The lowest BCUT2D eigenvalue weighted by Crippen LogP contribution is -2.30. The molecular formula is C24H30N2O2. The van der Waals surface area contributed by atoms with E-state index in [2.05, 4.69) is 53.5 Å². The Labute approximate surface area is 167 Å². The number of benzene rings is 2. The lowest BCUT2D eigenvalue weighted by atomic mass is 9.94. The molecule has 1 aliphatic heterocycles. The number of ether oxygens (including phenoxy) is 1. The van der Waals surface area contributed by atoms with E-state index in [1.54, 1.807) is 6.92 Å². The maximum atomic E-state index is 11.0. The average Bonchev–Trinajstić information content (AvgIpc) is 3.51. The molecule has 2 aromatic rings. The van der Waals surface area contributed by atoms with Gasteiger partial charge in [-0.25, -0.2) is 0 Å². The molecule has 148 valence electrons. The van der Waals surface area contributed by atoms with Crippen LogP contribution in [0.5, 0.6) is 5.75 Å². The fraction of sp³-hybridized carbons (Fsp3) is 0.458. The standard InChI is InChI=1S/C24H30N2O2/c1-17-23-11-12-26(14-20-5-3-19(4-6-20)13-25-18(2)27)15-22(23)9-10-24(17)28-16-21-7-8-21/h3-6,9-10,21H,7-8,11-16H2,1-2H3,(H,25,27). The van der Waals surface area contributed by atoms with Gasteiger partial charge >= 0.3 is 0 Å². The van der Waals surface area contributed by atoms with Crippen molar-refractivity contribution >= 4 is 5.91 Å². The number of rotatable bonds is 7. The molecular weight excluding hydrogens is 348 g/mol. The molecule has 0 radical (unpaired) electrons. The fourth-order valence-electron chi connectivity index (χ4n) is 3.91. The Balaban J connectivity index is 1.36. The van der Waals surface area contributed by atoms with E-state index in [-0.39, 0.29) is 5.91 Å². The molecule has 0 atom stereocenters. The van der Waals surface area contributed by atoms with Gasteiger partial charge in [0.1, 0.15) is 5.75 Å². The van der Waals surface area contributed by atoms with Crippen molar-refractivity contribution in [2.45, 2.75) is 52.7 Å². The van der Waals surface area contributed by atoms with Gasteiger partial charge in [0.15, 0.2) is 0 Å². The molecule has 1 heterocycles. The number of hydrogen-bond acceptors (Lipinski definition) is 3. The Morgan fingerprint density at radius 1 is 1.14 bits per heavy atom. The zero-order valence-electron chi connectivity index (χ0n) is 17.0. The zero-order chi connectivity index (χ0) is 19.5. The zero-order valence-corrected chi connectivity index (χ0v) is 17.0. The highest BCUT2D eigenvalue weighted by Gasteiger charge is 2.24. The minimum Gasteiger partial charge on any atom is -0.493 e. The normalized spacial score (nSPS) is 16.5. The second-order valence-electron chi connectivity index (χ2n) is 8.27. The van der Waals surface area contributed by atoms with E-state index in [9.17, 15) is 4.79 Å². The second kappa shape index (κ2) is 8.36. The molecule has 2 aliphatic rings. The van der Waals surface area contributed by atoms with E-state index in [0.717, 1.165) is 49.9 Å². The highest BCUT2D eigenvalue weighted by atomic mass is 16.5. The Morgan fingerprint density at radius 2 is 1.89 bits per heavy atom. The first-order valence-electron chi connectivity index (χ1n) is 10.4. The molecule has 0 aromatic heterocycles. The van der Waals surface area contributed by atoms with Crippen molar-refractivity contribution in [2.24, 2.45) is 5.92 Å². The van der Waals surface area contributed by atoms with Crippen molar-refractivity contribution in [3.8, 4) is 5.75 Å². The maximum Gasteiger partial charge on any atom is 0.217 e. The summed E-state index contributed by atoms with van der Waals surface area (Å²) < 4.78 is 6.06. The van der Waals surface area contributed by atoms with E-state index in [1.807, 2.05) is 0 Å². The molecule has 4 heteroatoms. The van der Waals surface area contributed by atoms with Crippen LogP contribution in [0, 0.1) is 12.8 Å². The molecule has 0 bridgehead atoms. The monoisotopic (exact) mass is 378 g/mol. The minimum absolute atomic E-state index is 0.00690. The predicted molar refractivity (Wildman–Crippen MR) is 111 cm³/mol. The first-order chi connectivity index (χ1) is 13.6. The van der Waals surface area contributed by atoms with Gasteiger partial charge in [-0.3, -0.25) is 9.69 Å². The Morgan fingerprint density at radius 3 is 2.61 bits per heavy atom. The molecule has 0 unspecified atom stereocenters. The molecule has 0 spiro atoms. The topological polar surface area (TPSA) is 41.6 Å². The van der Waals surface area contributed by atoms with Crippen LogP contribution in [0.15, 0.2) is 36.4 Å². The first-order valence-corrected chi connectivity index (χ1v) is 10.4. The summed E-state index contributed by atoms with van der Waals surface area (Å²) >= 11 is 0. The van der Waals surface area contributed by atoms with Crippen LogP contribution in [-0.2, 0) is 30.8 Å². The Hall–Kier alpha value is -2.33. The van der Waals surface area contributed by atoms with Crippen molar-refractivity contribution < 1.29 is 9.53 Å². The molecule has 2 aromatic carbocycles. The van der Waals surface area contributed by atoms with Crippen LogP contribution in [0.1, 0.15) is 47.6 Å². The van der Waals surface area contributed by atoms with Gasteiger partial charge in [-0.1, -0.05) is 30.3 Å². The number of nitrogens with zero attached hydrogens (tertiary/aromatic N) is 1. The second-order valence-corrected chi connectivity index (χ2v) is 8.27. The van der Waals surface area contributed by atoms with Gasteiger partial charge in [0, 0.05) is 33.1 Å². The third-order valence-electron chi connectivity index (χ3n) is 5.86. The number of fused-ring (bicyclic) bond motifs is 1. The third-order valence-corrected chi connectivity index (χ3v) is 5.86. The van der Waals surface area contributed by atoms with Gasteiger partial charge in [-0.05, 0) is 66.0 Å². The molecule has 1 amide bonds. The Kier molecular flexibility index (Phi) is 5.67. The number of carbonyl (C=O) groups excluding carboxylic acids is 1. The van der Waals surface area contributed by atoms with Crippen molar-refractivity contribution in [3.63, 3.8) is 0 Å². The SMILES string of the molecule is CC(=O)NCc1ccc(CN2CCc3c(ccc(OCC4CC4)c3C)C2)cc1. The number of nitrogens with one attached hydrogen (secondary N) is 1. The lowest BCUT2D eigenvalue weighted by molar-refractivity contribution is -0.119. The highest BCUT2D eigenvalue weighted by Crippen LogP contribution is 2.33. The molecule has 4 rings (SSSR count). The van der Waals surface area contributed by atoms with Gasteiger partial charge in [-0.15, -0.1) is 0 Å². The fourth-order valence-corrected chi connectivity index (χ4v) is 3.91. The summed E-state index contributed by atoms with van der Waals surface area (Å²) in [6.07, 6.45) is 3.74. The summed E-state index contributed by atoms with van der Waals surface area (Å²) in [5.74, 6) is 1.87. The van der Waals surface area contributed by atoms with Crippen molar-refractivity contribution in [1.82, 2.24) is 10.2 Å². The first kappa shape index (κ1) is 19.0. The van der Waals surface area contributed by atoms with Crippen LogP contribution in [-0.4, -0.2) is 24.0 Å². The summed E-state index contributed by atoms with van der Waals surface area (Å²) in [6.45, 7) is 8.26. The maximum absolute atomic E-state index is 11.0. The van der Waals surface area contributed by atoms with Crippen molar-refractivity contribution in [2.75, 3.05) is 13.2 Å². The molecule has 1 aliphatic carbocycles. The van der Waals surface area contributed by atoms with Gasteiger partial charge < -0.3 is 10.1 Å². The molecule has 28 heavy (non-hydrogen) atoms. The Bertz CT molecular complexity index is 840. The third kappa shape index (κ3) is 4.74. The van der Waals surface area contributed by atoms with E-state index in [4.69, 9.17) is 4.74 Å². The van der Waals surface area contributed by atoms with E-state index >= 15 is 0 Å². The van der Waals surface area contributed by atoms with E-state index in [1.165, 1.54) is 35.1 Å². The van der Waals surface area contributed by atoms with Crippen molar-refractivity contribution in [3.05, 3.63) is 64.2 Å². The number of amides is 1. The molecule has 1 saturated carbocycles. The van der Waals surface area contributed by atoms with Crippen LogP contribution in [0.2, 0.25) is 0 Å². The minimum atomic E-state index is 0.00690. The predicted octanol–water partition coefficient (Wildman–Crippen LogP) is 3.98. The average molecular weight is 379 g/mol. The molecule has 4 nitrogen and oxygen atoms in total. The van der Waals surface area contributed by atoms with Gasteiger partial charge in [0.25, 0.3) is 0 Å². The van der Waals surface area contributed by atoms with Crippen LogP contribution >= 0.6 is 0 Å². The molecule has 1 fully saturated rings. The largest absolute Gasteiger partial charge is 0.493 e. The molecule has 1 N–H and O–H groups in total. The van der Waals surface area contributed by atoms with E-state index < -0.39 is 0 Å². The summed E-state index contributed by atoms with van der Waals surface area (Å²) in [5, 5.41) is 2.84. The van der Waals surface area contributed by atoms with Gasteiger partial charge in [0.05, 0.1) is 6.61 Å². The summed E-state index contributed by atoms with van der Waals surface area (Å²) in [4.78, 5) is 13.5. The van der Waals surface area contributed by atoms with Crippen LogP contribution < -0.4 is 10.1 Å². The van der Waals surface area contributed by atoms with Crippen LogP contribution in [0.3, 0.4) is 0 Å². The van der Waals surface area contributed by atoms with E-state index in [0.29, 0.717) is 6.54 Å². The summed E-state index contributed by atoms with van der Waals surface area (Å²) in [6, 6.07) is 13.0. The smallest absolute Gasteiger partial charge is 0.217 e. The highest BCUT2D eigenvalue weighted by molar-refractivity contribution is 5.72. The van der Waals surface area contributed by atoms with Crippen LogP contribution in [0.25, 0.3) is 0 Å². The quantitative estimate of drug-likeness (QED) is 0.792. The van der Waals surface area contributed by atoms with Crippen molar-refractivity contribution in [1.29, 1.82) is 0 Å².